The van der Waals surface area contributed by atoms with Crippen molar-refractivity contribution in [3.05, 3.63) is 90.5 Å². The number of sulfone groups is 1. The summed E-state index contributed by atoms with van der Waals surface area (Å²) in [6, 6.07) is 22.6. The highest BCUT2D eigenvalue weighted by Crippen LogP contribution is 2.31. The molecule has 0 bridgehead atoms. The molecule has 0 atom stereocenters. The number of sulfonamides is 1. The Morgan fingerprint density at radius 3 is 1.74 bits per heavy atom. The Bertz CT molecular complexity index is 1410. The fourth-order valence-electron chi connectivity index (χ4n) is 3.61. The standard InChI is InChI=1S/C25H23NO6S2/c1-31-19-8-12-21(13-9-19)33(27,28)17-18-7-16-25(24-6-4-3-5-23(18)24)26-34(29,30)22-14-10-20(32-2)11-15-22/h3-16,26H,17H2,1-2H3. The summed E-state index contributed by atoms with van der Waals surface area (Å²) in [5.74, 6) is 0.885. The van der Waals surface area contributed by atoms with Crippen LogP contribution in [0, 0.1) is 0 Å². The van der Waals surface area contributed by atoms with Crippen molar-refractivity contribution in [2.75, 3.05) is 18.9 Å². The van der Waals surface area contributed by atoms with Crippen LogP contribution in [0.4, 0.5) is 5.69 Å². The lowest BCUT2D eigenvalue weighted by atomic mass is 10.0. The van der Waals surface area contributed by atoms with Crippen LogP contribution in [0.1, 0.15) is 5.56 Å². The van der Waals surface area contributed by atoms with Gasteiger partial charge in [-0.15, -0.1) is 0 Å². The molecule has 0 aromatic heterocycles. The number of rotatable bonds is 8. The summed E-state index contributed by atoms with van der Waals surface area (Å²) in [5, 5.41) is 1.25. The third-order valence-electron chi connectivity index (χ3n) is 5.39. The van der Waals surface area contributed by atoms with E-state index in [2.05, 4.69) is 4.72 Å². The van der Waals surface area contributed by atoms with Crippen molar-refractivity contribution >= 4 is 36.3 Å². The first kappa shape index (κ1) is 23.6. The maximum absolute atomic E-state index is 13.0. The van der Waals surface area contributed by atoms with Gasteiger partial charge >= 0.3 is 0 Å². The number of nitrogens with one attached hydrogen (secondary N) is 1. The lowest BCUT2D eigenvalue weighted by molar-refractivity contribution is 0.414. The maximum atomic E-state index is 13.0. The summed E-state index contributed by atoms with van der Waals surface area (Å²) in [5.41, 5.74) is 0.927. The lowest BCUT2D eigenvalue weighted by Gasteiger charge is -2.14. The van der Waals surface area contributed by atoms with E-state index >= 15 is 0 Å². The minimum Gasteiger partial charge on any atom is -0.497 e. The van der Waals surface area contributed by atoms with E-state index < -0.39 is 19.9 Å². The van der Waals surface area contributed by atoms with Gasteiger partial charge in [0.05, 0.1) is 35.5 Å². The molecule has 0 amide bonds. The molecule has 0 unspecified atom stereocenters. The Balaban J connectivity index is 1.68. The first-order valence-corrected chi connectivity index (χ1v) is 13.4. The first-order valence-electron chi connectivity index (χ1n) is 10.3. The molecule has 0 saturated heterocycles. The molecule has 4 aromatic carbocycles. The summed E-state index contributed by atoms with van der Waals surface area (Å²) in [6.45, 7) is 0. The van der Waals surface area contributed by atoms with Gasteiger partial charge in [-0.1, -0.05) is 30.3 Å². The second-order valence-electron chi connectivity index (χ2n) is 7.53. The summed E-state index contributed by atoms with van der Waals surface area (Å²) < 4.78 is 64.7. The van der Waals surface area contributed by atoms with Crippen molar-refractivity contribution in [2.24, 2.45) is 0 Å². The monoisotopic (exact) mass is 497 g/mol. The van der Waals surface area contributed by atoms with Gasteiger partial charge in [0.25, 0.3) is 10.0 Å². The van der Waals surface area contributed by atoms with Gasteiger partial charge < -0.3 is 9.47 Å². The largest absolute Gasteiger partial charge is 0.497 e. The molecule has 0 aliphatic heterocycles. The first-order chi connectivity index (χ1) is 16.2. The molecule has 0 radical (unpaired) electrons. The maximum Gasteiger partial charge on any atom is 0.261 e. The fourth-order valence-corrected chi connectivity index (χ4v) is 6.06. The Hall–Kier alpha value is -3.56. The molecule has 0 saturated carbocycles. The fraction of sp³-hybridized carbons (Fsp3) is 0.120. The number of hydrogen-bond acceptors (Lipinski definition) is 6. The minimum atomic E-state index is -3.86. The molecule has 4 aromatic rings. The number of anilines is 1. The molecule has 0 fully saturated rings. The van der Waals surface area contributed by atoms with Crippen molar-refractivity contribution in [3.8, 4) is 11.5 Å². The quantitative estimate of drug-likeness (QED) is 0.381. The second kappa shape index (κ2) is 9.36. The van der Waals surface area contributed by atoms with Crippen LogP contribution < -0.4 is 14.2 Å². The number of methoxy groups -OCH3 is 2. The van der Waals surface area contributed by atoms with Gasteiger partial charge in [-0.2, -0.15) is 0 Å². The molecule has 4 rings (SSSR count). The Kier molecular flexibility index (Phi) is 6.49. The highest BCUT2D eigenvalue weighted by atomic mass is 32.2. The molecule has 0 spiro atoms. The Labute approximate surface area is 198 Å². The van der Waals surface area contributed by atoms with E-state index in [0.717, 1.165) is 0 Å². The summed E-state index contributed by atoms with van der Waals surface area (Å²) in [4.78, 5) is 0.269. The highest BCUT2D eigenvalue weighted by Gasteiger charge is 2.20. The van der Waals surface area contributed by atoms with Gasteiger partial charge in [0.1, 0.15) is 11.5 Å². The second-order valence-corrected chi connectivity index (χ2v) is 11.2. The van der Waals surface area contributed by atoms with Crippen LogP contribution >= 0.6 is 0 Å². The van der Waals surface area contributed by atoms with Gasteiger partial charge in [0.2, 0.25) is 0 Å². The van der Waals surface area contributed by atoms with E-state index in [1.807, 2.05) is 0 Å². The van der Waals surface area contributed by atoms with E-state index in [4.69, 9.17) is 9.47 Å². The molecule has 34 heavy (non-hydrogen) atoms. The van der Waals surface area contributed by atoms with Crippen LogP contribution in [0.2, 0.25) is 0 Å². The van der Waals surface area contributed by atoms with Gasteiger partial charge in [-0.05, 0) is 65.5 Å². The van der Waals surface area contributed by atoms with Crippen LogP contribution in [0.3, 0.4) is 0 Å². The number of hydrogen-bond donors (Lipinski definition) is 1. The molecular weight excluding hydrogens is 474 g/mol. The molecule has 1 N–H and O–H groups in total. The van der Waals surface area contributed by atoms with Gasteiger partial charge in [0.15, 0.2) is 9.84 Å². The molecule has 176 valence electrons. The van der Waals surface area contributed by atoms with E-state index in [1.54, 1.807) is 60.7 Å². The zero-order valence-corrected chi connectivity index (χ0v) is 20.2. The van der Waals surface area contributed by atoms with E-state index in [9.17, 15) is 16.8 Å². The molecule has 7 nitrogen and oxygen atoms in total. The smallest absolute Gasteiger partial charge is 0.261 e. The third-order valence-corrected chi connectivity index (χ3v) is 8.46. The summed E-state index contributed by atoms with van der Waals surface area (Å²) >= 11 is 0. The van der Waals surface area contributed by atoms with Crippen molar-refractivity contribution in [3.63, 3.8) is 0 Å². The van der Waals surface area contributed by atoms with Crippen molar-refractivity contribution < 1.29 is 26.3 Å². The Morgan fingerprint density at radius 1 is 0.647 bits per heavy atom. The number of ether oxygens (including phenoxy) is 2. The molecule has 0 heterocycles. The zero-order chi connectivity index (χ0) is 24.3. The average Bonchev–Trinajstić information content (AvgIpc) is 2.85. The van der Waals surface area contributed by atoms with Crippen molar-refractivity contribution in [1.29, 1.82) is 0 Å². The Morgan fingerprint density at radius 2 is 1.18 bits per heavy atom. The van der Waals surface area contributed by atoms with Gasteiger partial charge in [-0.25, -0.2) is 16.8 Å². The third kappa shape index (κ3) is 4.85. The summed E-state index contributed by atoms with van der Waals surface area (Å²) in [7, 11) is -4.48. The topological polar surface area (TPSA) is 98.8 Å². The van der Waals surface area contributed by atoms with Crippen LogP contribution in [0.5, 0.6) is 11.5 Å². The SMILES string of the molecule is COc1ccc(S(=O)(=O)Cc2ccc(NS(=O)(=O)c3ccc(OC)cc3)c3ccccc23)cc1. The van der Waals surface area contributed by atoms with Gasteiger partial charge in [-0.3, -0.25) is 4.72 Å². The van der Waals surface area contributed by atoms with Crippen LogP contribution in [-0.2, 0) is 25.6 Å². The number of fused-ring (bicyclic) bond motifs is 1. The van der Waals surface area contributed by atoms with Crippen LogP contribution in [-0.4, -0.2) is 31.1 Å². The van der Waals surface area contributed by atoms with E-state index in [1.165, 1.54) is 38.5 Å². The van der Waals surface area contributed by atoms with Crippen LogP contribution in [0.25, 0.3) is 10.8 Å². The normalized spacial score (nSPS) is 11.8. The van der Waals surface area contributed by atoms with Crippen molar-refractivity contribution in [2.45, 2.75) is 15.5 Å². The summed E-state index contributed by atoms with van der Waals surface area (Å²) in [6.07, 6.45) is 0. The van der Waals surface area contributed by atoms with E-state index in [0.29, 0.717) is 33.5 Å². The van der Waals surface area contributed by atoms with Gasteiger partial charge in [0, 0.05) is 5.39 Å². The zero-order valence-electron chi connectivity index (χ0n) is 18.6. The van der Waals surface area contributed by atoms with Crippen molar-refractivity contribution in [1.82, 2.24) is 0 Å². The molecule has 9 heteroatoms. The molecular formula is C25H23NO6S2. The predicted molar refractivity (Wildman–Crippen MR) is 132 cm³/mol. The average molecular weight is 498 g/mol. The molecule has 0 aliphatic rings. The van der Waals surface area contributed by atoms with E-state index in [-0.39, 0.29) is 15.5 Å². The highest BCUT2D eigenvalue weighted by molar-refractivity contribution is 7.92. The minimum absolute atomic E-state index is 0.0866. The van der Waals surface area contributed by atoms with Crippen LogP contribution in [0.15, 0.2) is 94.7 Å². The number of benzene rings is 4. The lowest BCUT2D eigenvalue weighted by Crippen LogP contribution is -2.13. The molecule has 0 aliphatic carbocycles. The predicted octanol–water partition coefficient (Wildman–Crippen LogP) is 4.63.